The van der Waals surface area contributed by atoms with Crippen LogP contribution in [0.1, 0.15) is 29.7 Å². The Balaban J connectivity index is 2.13. The van der Waals surface area contributed by atoms with Crippen molar-refractivity contribution in [3.63, 3.8) is 0 Å². The molecule has 0 unspecified atom stereocenters. The summed E-state index contributed by atoms with van der Waals surface area (Å²) in [5, 5.41) is 5.19. The molecule has 10 heteroatoms. The second-order valence-electron chi connectivity index (χ2n) is 7.76. The Kier molecular flexibility index (Phi) is 7.51. The van der Waals surface area contributed by atoms with Gasteiger partial charge in [0.25, 0.3) is 0 Å². The summed E-state index contributed by atoms with van der Waals surface area (Å²) in [4.78, 5) is 25.6. The number of amides is 2. The van der Waals surface area contributed by atoms with Crippen LogP contribution < -0.4 is 20.1 Å². The summed E-state index contributed by atoms with van der Waals surface area (Å²) in [6, 6.07) is 8.11. The first-order valence-electron chi connectivity index (χ1n) is 10.6. The van der Waals surface area contributed by atoms with Gasteiger partial charge in [0.15, 0.2) is 21.3 Å². The first-order valence-corrected chi connectivity index (χ1v) is 12.3. The first kappa shape index (κ1) is 25.1. The van der Waals surface area contributed by atoms with Gasteiger partial charge in [-0.3, -0.25) is 0 Å². The highest BCUT2D eigenvalue weighted by atomic mass is 32.2. The zero-order valence-corrected chi connectivity index (χ0v) is 20.5. The molecule has 2 N–H and O–H groups in total. The number of rotatable bonds is 8. The number of sulfone groups is 1. The van der Waals surface area contributed by atoms with Gasteiger partial charge in [0, 0.05) is 5.70 Å². The number of urea groups is 1. The van der Waals surface area contributed by atoms with Crippen LogP contribution in [0.3, 0.4) is 0 Å². The Morgan fingerprint density at radius 2 is 1.71 bits per heavy atom. The molecule has 0 aromatic heterocycles. The Morgan fingerprint density at radius 3 is 2.32 bits per heavy atom. The second kappa shape index (κ2) is 10.2. The zero-order valence-electron chi connectivity index (χ0n) is 19.7. The van der Waals surface area contributed by atoms with Crippen LogP contribution in [0.4, 0.5) is 4.79 Å². The van der Waals surface area contributed by atoms with E-state index in [1.165, 1.54) is 20.3 Å². The van der Waals surface area contributed by atoms with E-state index in [2.05, 4.69) is 10.6 Å². The van der Waals surface area contributed by atoms with Crippen molar-refractivity contribution in [3.8, 4) is 11.5 Å². The van der Waals surface area contributed by atoms with Crippen molar-refractivity contribution in [2.45, 2.75) is 31.7 Å². The largest absolute Gasteiger partial charge is 0.493 e. The van der Waals surface area contributed by atoms with Gasteiger partial charge in [0.1, 0.15) is 0 Å². The van der Waals surface area contributed by atoms with Gasteiger partial charge in [-0.1, -0.05) is 12.1 Å². The standard InChI is InChI=1S/C24H28N2O7S/c1-6-33-23(27)21-18(13-34(29,30)17-9-7-14(2)15(3)11-17)25-24(28)26-22(21)16-8-10-19(31-4)20(12-16)32-5/h7-12,22H,6,13H2,1-5H3,(H2,25,26,28)/t22-/m1/s1. The molecule has 1 aliphatic heterocycles. The van der Waals surface area contributed by atoms with E-state index in [9.17, 15) is 18.0 Å². The number of esters is 1. The minimum Gasteiger partial charge on any atom is -0.493 e. The van der Waals surface area contributed by atoms with Gasteiger partial charge in [0.2, 0.25) is 0 Å². The minimum atomic E-state index is -3.89. The van der Waals surface area contributed by atoms with E-state index in [-0.39, 0.29) is 22.8 Å². The predicted octanol–water partition coefficient (Wildman–Crippen LogP) is 2.97. The monoisotopic (exact) mass is 488 g/mol. The summed E-state index contributed by atoms with van der Waals surface area (Å²) in [5.74, 6) is -0.466. The smallest absolute Gasteiger partial charge is 0.338 e. The number of benzene rings is 2. The molecule has 0 radical (unpaired) electrons. The van der Waals surface area contributed by atoms with Gasteiger partial charge in [-0.05, 0) is 61.7 Å². The maximum Gasteiger partial charge on any atom is 0.338 e. The molecule has 0 fully saturated rings. The van der Waals surface area contributed by atoms with Gasteiger partial charge in [-0.2, -0.15) is 0 Å². The average Bonchev–Trinajstić information content (AvgIpc) is 2.79. The van der Waals surface area contributed by atoms with Crippen molar-refractivity contribution in [3.05, 3.63) is 64.4 Å². The van der Waals surface area contributed by atoms with Crippen molar-refractivity contribution in [1.29, 1.82) is 0 Å². The number of carbonyl (C=O) groups is 2. The minimum absolute atomic E-state index is 0.000999. The van der Waals surface area contributed by atoms with E-state index >= 15 is 0 Å². The molecule has 2 aromatic rings. The van der Waals surface area contributed by atoms with Crippen LogP contribution in [-0.4, -0.2) is 47.0 Å². The molecule has 1 atom stereocenters. The molecular weight excluding hydrogens is 460 g/mol. The molecule has 0 bridgehead atoms. The number of carbonyl (C=O) groups excluding carboxylic acids is 2. The number of hydrogen-bond donors (Lipinski definition) is 2. The lowest BCUT2D eigenvalue weighted by Gasteiger charge is -2.29. The molecule has 9 nitrogen and oxygen atoms in total. The van der Waals surface area contributed by atoms with Crippen LogP contribution in [0.25, 0.3) is 0 Å². The van der Waals surface area contributed by atoms with E-state index in [1.54, 1.807) is 37.3 Å². The molecule has 2 aromatic carbocycles. The lowest BCUT2D eigenvalue weighted by Crippen LogP contribution is -2.47. The Bertz CT molecular complexity index is 1250. The van der Waals surface area contributed by atoms with Crippen LogP contribution in [0.5, 0.6) is 11.5 Å². The molecule has 0 spiro atoms. The van der Waals surface area contributed by atoms with Gasteiger partial charge in [-0.25, -0.2) is 18.0 Å². The average molecular weight is 489 g/mol. The van der Waals surface area contributed by atoms with Crippen LogP contribution >= 0.6 is 0 Å². The fourth-order valence-electron chi connectivity index (χ4n) is 3.64. The molecular formula is C24H28N2O7S. The number of aryl methyl sites for hydroxylation is 2. The molecule has 1 heterocycles. The summed E-state index contributed by atoms with van der Waals surface area (Å²) in [6.07, 6.45) is 0. The van der Waals surface area contributed by atoms with E-state index in [1.807, 2.05) is 13.8 Å². The lowest BCUT2D eigenvalue weighted by molar-refractivity contribution is -0.139. The molecule has 2 amide bonds. The van der Waals surface area contributed by atoms with Crippen LogP contribution in [0.2, 0.25) is 0 Å². The maximum absolute atomic E-state index is 13.2. The van der Waals surface area contributed by atoms with Crippen LogP contribution in [-0.2, 0) is 19.4 Å². The lowest BCUT2D eigenvalue weighted by atomic mass is 9.95. The SMILES string of the molecule is CCOC(=O)C1=C(CS(=O)(=O)c2ccc(C)c(C)c2)NC(=O)N[C@@H]1c1ccc(OC)c(OC)c1. The molecule has 1 aliphatic rings. The highest BCUT2D eigenvalue weighted by Gasteiger charge is 2.36. The van der Waals surface area contributed by atoms with Crippen molar-refractivity contribution < 1.29 is 32.2 Å². The highest BCUT2D eigenvalue weighted by Crippen LogP contribution is 2.35. The third-order valence-electron chi connectivity index (χ3n) is 5.56. The molecule has 0 saturated heterocycles. The van der Waals surface area contributed by atoms with Crippen molar-refractivity contribution in [1.82, 2.24) is 10.6 Å². The van der Waals surface area contributed by atoms with Crippen LogP contribution in [0, 0.1) is 13.8 Å². The summed E-state index contributed by atoms with van der Waals surface area (Å²) in [5.41, 5.74) is 2.23. The summed E-state index contributed by atoms with van der Waals surface area (Å²) >= 11 is 0. The fraction of sp³-hybridized carbons (Fsp3) is 0.333. The Hall–Kier alpha value is -3.53. The van der Waals surface area contributed by atoms with Gasteiger partial charge < -0.3 is 24.8 Å². The van der Waals surface area contributed by atoms with Crippen LogP contribution in [0.15, 0.2) is 52.6 Å². The summed E-state index contributed by atoms with van der Waals surface area (Å²) in [6.45, 7) is 5.42. The number of ether oxygens (including phenoxy) is 3. The Morgan fingerprint density at radius 1 is 1.00 bits per heavy atom. The van der Waals surface area contributed by atoms with Gasteiger partial charge in [-0.15, -0.1) is 0 Å². The first-order chi connectivity index (χ1) is 16.1. The second-order valence-corrected chi connectivity index (χ2v) is 9.75. The topological polar surface area (TPSA) is 120 Å². The van der Waals surface area contributed by atoms with Crippen molar-refractivity contribution in [2.24, 2.45) is 0 Å². The van der Waals surface area contributed by atoms with E-state index in [0.29, 0.717) is 17.1 Å². The normalized spacial score (nSPS) is 15.9. The molecule has 182 valence electrons. The molecule has 3 rings (SSSR count). The Labute approximate surface area is 199 Å². The van der Waals surface area contributed by atoms with E-state index in [4.69, 9.17) is 14.2 Å². The third-order valence-corrected chi connectivity index (χ3v) is 7.20. The molecule has 34 heavy (non-hydrogen) atoms. The number of nitrogens with one attached hydrogen (secondary N) is 2. The molecule has 0 aliphatic carbocycles. The summed E-state index contributed by atoms with van der Waals surface area (Å²) < 4.78 is 42.3. The fourth-order valence-corrected chi connectivity index (χ4v) is 5.05. The van der Waals surface area contributed by atoms with Gasteiger partial charge >= 0.3 is 12.0 Å². The quantitative estimate of drug-likeness (QED) is 0.548. The van der Waals surface area contributed by atoms with Crippen molar-refractivity contribution in [2.75, 3.05) is 26.6 Å². The summed E-state index contributed by atoms with van der Waals surface area (Å²) in [7, 11) is -0.932. The maximum atomic E-state index is 13.2. The third kappa shape index (κ3) is 5.17. The van der Waals surface area contributed by atoms with Gasteiger partial charge in [0.05, 0.1) is 43.1 Å². The van der Waals surface area contributed by atoms with E-state index < -0.39 is 33.6 Å². The number of methoxy groups -OCH3 is 2. The highest BCUT2D eigenvalue weighted by molar-refractivity contribution is 7.91. The van der Waals surface area contributed by atoms with E-state index in [0.717, 1.165) is 11.1 Å². The molecule has 0 saturated carbocycles. The van der Waals surface area contributed by atoms with Crippen molar-refractivity contribution >= 4 is 21.8 Å². The zero-order chi connectivity index (χ0) is 25.0. The number of hydrogen-bond acceptors (Lipinski definition) is 7. The predicted molar refractivity (Wildman–Crippen MR) is 126 cm³/mol.